The number of rotatable bonds is 2. The van der Waals surface area contributed by atoms with Gasteiger partial charge in [0.15, 0.2) is 0 Å². The summed E-state index contributed by atoms with van der Waals surface area (Å²) in [4.78, 5) is 2.56. The van der Waals surface area contributed by atoms with Crippen LogP contribution in [0.4, 0.5) is 5.69 Å². The predicted octanol–water partition coefficient (Wildman–Crippen LogP) is 2.75. The van der Waals surface area contributed by atoms with Gasteiger partial charge in [0.2, 0.25) is 10.0 Å². The average molecular weight is 334 g/mol. The molecule has 3 atom stereocenters. The van der Waals surface area contributed by atoms with E-state index in [0.717, 1.165) is 24.6 Å². The van der Waals surface area contributed by atoms with E-state index in [-0.39, 0.29) is 5.41 Å². The molecule has 3 aliphatic rings. The number of nitrogens with zero attached hydrogens (tertiary/aromatic N) is 1. The van der Waals surface area contributed by atoms with E-state index in [1.54, 1.807) is 0 Å². The van der Waals surface area contributed by atoms with Gasteiger partial charge in [-0.2, -0.15) is 0 Å². The third kappa shape index (κ3) is 2.49. The summed E-state index contributed by atoms with van der Waals surface area (Å²) < 4.78 is 25.8. The van der Waals surface area contributed by atoms with E-state index in [1.165, 1.54) is 49.5 Å². The molecular weight excluding hydrogens is 308 g/mol. The number of benzene rings is 1. The summed E-state index contributed by atoms with van der Waals surface area (Å²) in [7, 11) is -0.952. The lowest BCUT2D eigenvalue weighted by Crippen LogP contribution is -2.59. The largest absolute Gasteiger partial charge is 0.303 e. The molecule has 4 rings (SSSR count). The molecule has 5 heteroatoms. The molecule has 0 aromatic heterocycles. The first kappa shape index (κ1) is 15.5. The van der Waals surface area contributed by atoms with Crippen LogP contribution < -0.4 is 4.72 Å². The van der Waals surface area contributed by atoms with Gasteiger partial charge >= 0.3 is 0 Å². The zero-order valence-electron chi connectivity index (χ0n) is 14.0. The molecule has 1 saturated heterocycles. The molecule has 1 heterocycles. The number of piperidine rings is 1. The van der Waals surface area contributed by atoms with E-state index >= 15 is 0 Å². The van der Waals surface area contributed by atoms with E-state index < -0.39 is 10.0 Å². The first-order chi connectivity index (χ1) is 10.9. The molecule has 0 radical (unpaired) electrons. The van der Waals surface area contributed by atoms with Gasteiger partial charge in [-0.25, -0.2) is 8.42 Å². The number of hydrogen-bond acceptors (Lipinski definition) is 3. The first-order valence-electron chi connectivity index (χ1n) is 8.70. The Kier molecular flexibility index (Phi) is 3.50. The fourth-order valence-electron chi connectivity index (χ4n) is 5.47. The highest BCUT2D eigenvalue weighted by Crippen LogP contribution is 2.55. The van der Waals surface area contributed by atoms with Crippen molar-refractivity contribution in [3.8, 4) is 0 Å². The van der Waals surface area contributed by atoms with Crippen LogP contribution in [0.15, 0.2) is 18.2 Å². The van der Waals surface area contributed by atoms with Crippen LogP contribution in [-0.2, 0) is 21.9 Å². The monoisotopic (exact) mass is 334 g/mol. The van der Waals surface area contributed by atoms with Gasteiger partial charge in [-0.3, -0.25) is 4.72 Å². The maximum atomic E-state index is 11.6. The quantitative estimate of drug-likeness (QED) is 0.905. The van der Waals surface area contributed by atoms with Crippen molar-refractivity contribution >= 4 is 15.7 Å². The Balaban J connectivity index is 1.82. The molecule has 2 bridgehead atoms. The van der Waals surface area contributed by atoms with Gasteiger partial charge in [0, 0.05) is 17.1 Å². The number of nitrogens with one attached hydrogen (secondary N) is 1. The van der Waals surface area contributed by atoms with Crippen molar-refractivity contribution in [1.29, 1.82) is 0 Å². The van der Waals surface area contributed by atoms with Crippen molar-refractivity contribution in [2.45, 2.75) is 50.0 Å². The number of likely N-dealkylation sites (N-methyl/N-ethyl adjacent to an activating group) is 1. The third-order valence-corrected chi connectivity index (χ3v) is 7.02. The topological polar surface area (TPSA) is 49.4 Å². The van der Waals surface area contributed by atoms with Gasteiger partial charge in [0.25, 0.3) is 0 Å². The van der Waals surface area contributed by atoms with Crippen molar-refractivity contribution in [3.63, 3.8) is 0 Å². The highest BCUT2D eigenvalue weighted by atomic mass is 32.2. The molecule has 23 heavy (non-hydrogen) atoms. The Morgan fingerprint density at radius 3 is 2.87 bits per heavy atom. The second kappa shape index (κ2) is 5.21. The summed E-state index contributed by atoms with van der Waals surface area (Å²) in [5.41, 5.74) is 3.86. The molecule has 0 unspecified atom stereocenters. The van der Waals surface area contributed by atoms with Crippen molar-refractivity contribution in [1.82, 2.24) is 4.90 Å². The number of likely N-dealkylation sites (tertiary alicyclic amines) is 1. The summed E-state index contributed by atoms with van der Waals surface area (Å²) >= 11 is 0. The number of sulfonamides is 1. The molecule has 0 spiro atoms. The third-order valence-electron chi connectivity index (χ3n) is 6.42. The first-order valence-corrected chi connectivity index (χ1v) is 10.6. The predicted molar refractivity (Wildman–Crippen MR) is 93.3 cm³/mol. The molecular formula is C18H26N2O2S. The molecule has 1 aromatic carbocycles. The van der Waals surface area contributed by atoms with Crippen LogP contribution in [0.1, 0.15) is 43.2 Å². The fourth-order valence-corrected chi connectivity index (χ4v) is 6.03. The zero-order valence-corrected chi connectivity index (χ0v) is 14.8. The summed E-state index contributed by atoms with van der Waals surface area (Å²) in [5, 5.41) is 0. The van der Waals surface area contributed by atoms with Crippen LogP contribution in [0.25, 0.3) is 0 Å². The van der Waals surface area contributed by atoms with E-state index in [9.17, 15) is 8.42 Å². The van der Waals surface area contributed by atoms with Gasteiger partial charge < -0.3 is 4.90 Å². The lowest BCUT2D eigenvalue weighted by Gasteiger charge is -2.58. The molecule has 1 aliphatic heterocycles. The lowest BCUT2D eigenvalue weighted by atomic mass is 9.52. The van der Waals surface area contributed by atoms with Crippen LogP contribution in [0, 0.1) is 5.92 Å². The molecule has 126 valence electrons. The number of hydrogen-bond donors (Lipinski definition) is 1. The Labute approximate surface area is 139 Å². The summed E-state index contributed by atoms with van der Waals surface area (Å²) in [6.07, 6.45) is 8.76. The smallest absolute Gasteiger partial charge is 0.229 e. The van der Waals surface area contributed by atoms with Gasteiger partial charge in [-0.15, -0.1) is 0 Å². The highest BCUT2D eigenvalue weighted by Gasteiger charge is 2.52. The highest BCUT2D eigenvalue weighted by molar-refractivity contribution is 7.92. The molecule has 1 saturated carbocycles. The molecule has 4 nitrogen and oxygen atoms in total. The van der Waals surface area contributed by atoms with Crippen molar-refractivity contribution < 1.29 is 8.42 Å². The molecule has 1 N–H and O–H groups in total. The van der Waals surface area contributed by atoms with E-state index in [0.29, 0.717) is 6.04 Å². The van der Waals surface area contributed by atoms with Crippen LogP contribution in [-0.4, -0.2) is 39.2 Å². The van der Waals surface area contributed by atoms with Gasteiger partial charge in [-0.1, -0.05) is 18.9 Å². The Morgan fingerprint density at radius 1 is 1.26 bits per heavy atom. The van der Waals surface area contributed by atoms with Crippen molar-refractivity contribution in [2.24, 2.45) is 5.92 Å². The van der Waals surface area contributed by atoms with Gasteiger partial charge in [0.05, 0.1) is 6.26 Å². The zero-order chi connectivity index (χ0) is 16.2. The molecule has 2 fully saturated rings. The second-order valence-electron chi connectivity index (χ2n) is 7.76. The van der Waals surface area contributed by atoms with Crippen LogP contribution in [0.5, 0.6) is 0 Å². The summed E-state index contributed by atoms with van der Waals surface area (Å²) in [5.74, 6) is 0.732. The maximum absolute atomic E-state index is 11.6. The van der Waals surface area contributed by atoms with Gasteiger partial charge in [-0.05, 0) is 68.5 Å². The number of fused-ring (bicyclic) bond motifs is 1. The summed E-state index contributed by atoms with van der Waals surface area (Å²) in [6.45, 7) is 1.16. The Bertz CT molecular complexity index is 731. The van der Waals surface area contributed by atoms with Gasteiger partial charge in [0.1, 0.15) is 0 Å². The lowest BCUT2D eigenvalue weighted by molar-refractivity contribution is 0.00291. The van der Waals surface area contributed by atoms with Crippen LogP contribution in [0.2, 0.25) is 0 Å². The van der Waals surface area contributed by atoms with Crippen molar-refractivity contribution in [2.75, 3.05) is 24.6 Å². The minimum absolute atomic E-state index is 0.276. The normalized spacial score (nSPS) is 33.7. The maximum Gasteiger partial charge on any atom is 0.229 e. The minimum Gasteiger partial charge on any atom is -0.303 e. The van der Waals surface area contributed by atoms with E-state index in [2.05, 4.69) is 28.8 Å². The van der Waals surface area contributed by atoms with Crippen LogP contribution in [0.3, 0.4) is 0 Å². The number of anilines is 1. The minimum atomic E-state index is -3.22. The molecule has 0 amide bonds. The SMILES string of the molecule is CN1CC[C@]23CCCC[C@H]2[C@H]1Cc1ccc(NS(C)(=O)=O)cc13. The fraction of sp³-hybridized carbons (Fsp3) is 0.667. The second-order valence-corrected chi connectivity index (χ2v) is 9.51. The average Bonchev–Trinajstić information content (AvgIpc) is 2.50. The van der Waals surface area contributed by atoms with E-state index in [4.69, 9.17) is 0 Å². The van der Waals surface area contributed by atoms with Crippen LogP contribution >= 0.6 is 0 Å². The molecule has 1 aromatic rings. The Hall–Kier alpha value is -1.07. The molecule has 2 aliphatic carbocycles. The van der Waals surface area contributed by atoms with Crippen molar-refractivity contribution in [3.05, 3.63) is 29.3 Å². The standard InChI is InChI=1S/C18H26N2O2S/c1-20-10-9-18-8-4-3-5-15(18)17(20)11-13-6-7-14(12-16(13)18)19-23(2,21)22/h6-7,12,15,17,19H,3-5,8-11H2,1-2H3/t15-,17+,18+/m0/s1. The van der Waals surface area contributed by atoms with E-state index in [1.807, 2.05) is 6.07 Å². The Morgan fingerprint density at radius 2 is 2.09 bits per heavy atom. The summed E-state index contributed by atoms with van der Waals surface area (Å²) in [6, 6.07) is 6.87.